The Hall–Kier alpha value is -0.960. The zero-order valence-electron chi connectivity index (χ0n) is 7.53. The molecule has 0 aromatic carbocycles. The normalized spacial score (nSPS) is 9.25. The molecule has 0 N–H and O–H groups in total. The molecule has 0 spiro atoms. The van der Waals surface area contributed by atoms with Gasteiger partial charge < -0.3 is 0 Å². The summed E-state index contributed by atoms with van der Waals surface area (Å²) >= 11 is 1.64. The first kappa shape index (κ1) is 9.13. The van der Waals surface area contributed by atoms with Gasteiger partial charge in [0.25, 0.3) is 0 Å². The Morgan fingerprint density at radius 3 is 2.50 bits per heavy atom. The van der Waals surface area contributed by atoms with Gasteiger partial charge in [-0.15, -0.1) is 11.3 Å². The third-order valence-electron chi connectivity index (χ3n) is 1.39. The van der Waals surface area contributed by atoms with Crippen LogP contribution in [-0.4, -0.2) is 9.97 Å². The zero-order valence-corrected chi connectivity index (χ0v) is 8.35. The molecule has 0 amide bonds. The number of aryl methyl sites for hydroxylation is 1. The molecule has 0 aliphatic carbocycles. The van der Waals surface area contributed by atoms with Crippen LogP contribution < -0.4 is 0 Å². The summed E-state index contributed by atoms with van der Waals surface area (Å²) in [6.45, 7) is 6.05. The summed E-state index contributed by atoms with van der Waals surface area (Å²) in [6.07, 6.45) is 3.44. The minimum absolute atomic E-state index is 1.03. The Balaban J connectivity index is 0.000000336. The van der Waals surface area contributed by atoms with E-state index in [1.807, 2.05) is 20.8 Å². The van der Waals surface area contributed by atoms with Gasteiger partial charge in [-0.2, -0.15) is 0 Å². The highest BCUT2D eigenvalue weighted by Gasteiger charge is 1.98. The summed E-state index contributed by atoms with van der Waals surface area (Å²) in [7, 11) is 0. The molecule has 0 aliphatic heterocycles. The molecular weight excluding hydrogens is 168 g/mol. The van der Waals surface area contributed by atoms with Crippen LogP contribution in [0.2, 0.25) is 0 Å². The molecule has 0 aliphatic rings. The number of rotatable bonds is 0. The van der Waals surface area contributed by atoms with Gasteiger partial charge in [-0.3, -0.25) is 4.98 Å². The second kappa shape index (κ2) is 4.16. The van der Waals surface area contributed by atoms with Crippen molar-refractivity contribution in [1.82, 2.24) is 9.97 Å². The van der Waals surface area contributed by atoms with Crippen molar-refractivity contribution in [2.45, 2.75) is 20.8 Å². The molecule has 0 atom stereocenters. The number of nitrogens with zero attached hydrogens (tertiary/aromatic N) is 2. The number of thiophene rings is 1. The average molecular weight is 180 g/mol. The van der Waals surface area contributed by atoms with Crippen molar-refractivity contribution in [3.05, 3.63) is 23.3 Å². The van der Waals surface area contributed by atoms with E-state index in [0.717, 1.165) is 10.3 Å². The van der Waals surface area contributed by atoms with Crippen LogP contribution in [-0.2, 0) is 0 Å². The van der Waals surface area contributed by atoms with Gasteiger partial charge in [0.05, 0.1) is 0 Å². The van der Waals surface area contributed by atoms with Crippen molar-refractivity contribution in [2.75, 3.05) is 0 Å². The Labute approximate surface area is 76.3 Å². The molecule has 2 aromatic heterocycles. The van der Waals surface area contributed by atoms with E-state index < -0.39 is 0 Å². The number of hydrogen-bond donors (Lipinski definition) is 0. The highest BCUT2D eigenvalue weighted by molar-refractivity contribution is 7.16. The van der Waals surface area contributed by atoms with Gasteiger partial charge in [-0.05, 0) is 17.9 Å². The summed E-state index contributed by atoms with van der Waals surface area (Å²) in [6, 6.07) is 0. The molecule has 0 radical (unpaired) electrons. The largest absolute Gasteiger partial charge is 0.252 e. The predicted molar refractivity (Wildman–Crippen MR) is 53.5 cm³/mol. The first-order valence-corrected chi connectivity index (χ1v) is 4.91. The Morgan fingerprint density at radius 2 is 1.83 bits per heavy atom. The predicted octanol–water partition coefficient (Wildman–Crippen LogP) is 3.03. The fourth-order valence-electron chi connectivity index (χ4n) is 0.882. The summed E-state index contributed by atoms with van der Waals surface area (Å²) < 4.78 is 0. The van der Waals surface area contributed by atoms with Crippen LogP contribution in [0.4, 0.5) is 0 Å². The SMILES string of the molecule is CC.Cc1csc2nccnc12. The third kappa shape index (κ3) is 1.61. The van der Waals surface area contributed by atoms with Crippen LogP contribution >= 0.6 is 11.3 Å². The summed E-state index contributed by atoms with van der Waals surface area (Å²) in [5, 5.41) is 2.07. The lowest BCUT2D eigenvalue weighted by atomic mass is 10.3. The second-order valence-electron chi connectivity index (χ2n) is 2.13. The van der Waals surface area contributed by atoms with Gasteiger partial charge in [-0.1, -0.05) is 13.8 Å². The molecule has 0 saturated carbocycles. The molecule has 0 bridgehead atoms. The van der Waals surface area contributed by atoms with E-state index in [-0.39, 0.29) is 0 Å². The minimum Gasteiger partial charge on any atom is -0.252 e. The van der Waals surface area contributed by atoms with Gasteiger partial charge in [-0.25, -0.2) is 4.98 Å². The van der Waals surface area contributed by atoms with Crippen molar-refractivity contribution in [2.24, 2.45) is 0 Å². The maximum atomic E-state index is 4.19. The van der Waals surface area contributed by atoms with Gasteiger partial charge in [0.2, 0.25) is 0 Å². The monoisotopic (exact) mass is 180 g/mol. The van der Waals surface area contributed by atoms with Crippen molar-refractivity contribution in [3.63, 3.8) is 0 Å². The Kier molecular flexibility index (Phi) is 3.17. The standard InChI is InChI=1S/C7H6N2S.C2H6/c1-5-4-10-7-6(5)8-2-3-9-7;1-2/h2-4H,1H3;1-2H3. The topological polar surface area (TPSA) is 25.8 Å². The molecule has 2 nitrogen and oxygen atoms in total. The summed E-state index contributed by atoms with van der Waals surface area (Å²) in [4.78, 5) is 9.37. The maximum absolute atomic E-state index is 4.19. The van der Waals surface area contributed by atoms with Crippen LogP contribution in [0.25, 0.3) is 10.3 Å². The van der Waals surface area contributed by atoms with Gasteiger partial charge >= 0.3 is 0 Å². The third-order valence-corrected chi connectivity index (χ3v) is 2.38. The second-order valence-corrected chi connectivity index (χ2v) is 2.99. The fourth-order valence-corrected chi connectivity index (χ4v) is 1.73. The zero-order chi connectivity index (χ0) is 8.97. The minimum atomic E-state index is 1.03. The van der Waals surface area contributed by atoms with Crippen LogP contribution in [0, 0.1) is 6.92 Å². The van der Waals surface area contributed by atoms with Gasteiger partial charge in [0, 0.05) is 12.4 Å². The van der Waals surface area contributed by atoms with Crippen molar-refractivity contribution < 1.29 is 0 Å². The Morgan fingerprint density at radius 1 is 1.17 bits per heavy atom. The summed E-state index contributed by atoms with van der Waals surface area (Å²) in [5.41, 5.74) is 2.25. The number of fused-ring (bicyclic) bond motifs is 1. The molecule has 64 valence electrons. The highest BCUT2D eigenvalue weighted by atomic mass is 32.1. The highest BCUT2D eigenvalue weighted by Crippen LogP contribution is 2.19. The van der Waals surface area contributed by atoms with E-state index in [2.05, 4.69) is 15.3 Å². The lowest BCUT2D eigenvalue weighted by molar-refractivity contribution is 1.30. The van der Waals surface area contributed by atoms with Gasteiger partial charge in [0.1, 0.15) is 10.3 Å². The van der Waals surface area contributed by atoms with E-state index >= 15 is 0 Å². The van der Waals surface area contributed by atoms with E-state index in [1.165, 1.54) is 5.56 Å². The van der Waals surface area contributed by atoms with Crippen molar-refractivity contribution in [1.29, 1.82) is 0 Å². The van der Waals surface area contributed by atoms with E-state index in [9.17, 15) is 0 Å². The van der Waals surface area contributed by atoms with Crippen LogP contribution in [0.1, 0.15) is 19.4 Å². The molecule has 2 rings (SSSR count). The first-order valence-electron chi connectivity index (χ1n) is 4.03. The molecule has 0 unspecified atom stereocenters. The fraction of sp³-hybridized carbons (Fsp3) is 0.333. The molecule has 2 heterocycles. The first-order chi connectivity index (χ1) is 5.88. The lowest BCUT2D eigenvalue weighted by Gasteiger charge is -1.85. The molecule has 0 saturated heterocycles. The molecule has 12 heavy (non-hydrogen) atoms. The maximum Gasteiger partial charge on any atom is 0.142 e. The molecule has 3 heteroatoms. The van der Waals surface area contributed by atoms with Crippen molar-refractivity contribution in [3.8, 4) is 0 Å². The molecule has 0 fully saturated rings. The van der Waals surface area contributed by atoms with Crippen LogP contribution in [0.3, 0.4) is 0 Å². The number of hydrogen-bond acceptors (Lipinski definition) is 3. The van der Waals surface area contributed by atoms with E-state index in [1.54, 1.807) is 23.7 Å². The Bertz CT molecular complexity index is 354. The van der Waals surface area contributed by atoms with E-state index in [4.69, 9.17) is 0 Å². The summed E-state index contributed by atoms with van der Waals surface area (Å²) in [5.74, 6) is 0. The number of aromatic nitrogens is 2. The average Bonchev–Trinajstić information content (AvgIpc) is 2.53. The van der Waals surface area contributed by atoms with Gasteiger partial charge in [0.15, 0.2) is 0 Å². The van der Waals surface area contributed by atoms with Crippen molar-refractivity contribution >= 4 is 21.7 Å². The lowest BCUT2D eigenvalue weighted by Crippen LogP contribution is -1.75. The molecule has 2 aromatic rings. The van der Waals surface area contributed by atoms with Crippen LogP contribution in [0.15, 0.2) is 17.8 Å². The quantitative estimate of drug-likeness (QED) is 0.622. The van der Waals surface area contributed by atoms with E-state index in [0.29, 0.717) is 0 Å². The molecular formula is C9H12N2S. The smallest absolute Gasteiger partial charge is 0.142 e. The van der Waals surface area contributed by atoms with Crippen LogP contribution in [0.5, 0.6) is 0 Å².